The second kappa shape index (κ2) is 5.36. The third-order valence-corrected chi connectivity index (χ3v) is 1.21. The third-order valence-electron chi connectivity index (χ3n) is 1.21. The van der Waals surface area contributed by atoms with E-state index in [9.17, 15) is 0 Å². The van der Waals surface area contributed by atoms with Crippen molar-refractivity contribution < 1.29 is 0 Å². The van der Waals surface area contributed by atoms with Gasteiger partial charge in [0.05, 0.1) is 0 Å². The first-order valence-corrected chi connectivity index (χ1v) is 2.71. The summed E-state index contributed by atoms with van der Waals surface area (Å²) in [5.74, 6) is 0. The Morgan fingerprint density at radius 3 is 1.57 bits per heavy atom. The Balaban J connectivity index is 0.000000360. The Morgan fingerprint density at radius 1 is 0.857 bits per heavy atom. The Kier molecular flexibility index (Phi) is 6.29. The topological polar surface area (TPSA) is 12.0 Å². The Morgan fingerprint density at radius 2 is 1.43 bits per heavy atom. The second-order valence-electron chi connectivity index (χ2n) is 1.81. The maximum absolute atomic E-state index is 3.28. The summed E-state index contributed by atoms with van der Waals surface area (Å²) >= 11 is 0. The molecule has 1 heterocycles. The van der Waals surface area contributed by atoms with Crippen molar-refractivity contribution in [1.29, 1.82) is 0 Å². The van der Waals surface area contributed by atoms with Crippen LogP contribution in [-0.4, -0.2) is 50.8 Å². The molecule has 1 N–H and O–H groups in total. The van der Waals surface area contributed by atoms with E-state index < -0.39 is 0 Å². The predicted molar refractivity (Wildman–Crippen MR) is 35.3 cm³/mol. The number of hydrogen-bond acceptors (Lipinski definition) is 1. The van der Waals surface area contributed by atoms with Gasteiger partial charge in [0.25, 0.3) is 0 Å². The van der Waals surface area contributed by atoms with Gasteiger partial charge >= 0.3 is 37.7 Å². The van der Waals surface area contributed by atoms with Gasteiger partial charge < -0.3 is 5.32 Å². The van der Waals surface area contributed by atoms with Crippen molar-refractivity contribution >= 4 is 37.7 Å². The molecule has 1 nitrogen and oxygen atoms in total. The normalized spacial score (nSPS) is 20.6. The zero-order valence-electron chi connectivity index (χ0n) is 4.04. The summed E-state index contributed by atoms with van der Waals surface area (Å²) < 4.78 is 0. The molecule has 7 heavy (non-hydrogen) atoms. The molecule has 1 rings (SSSR count). The molecular weight excluding hydrogens is 114 g/mol. The van der Waals surface area contributed by atoms with Crippen LogP contribution in [0.2, 0.25) is 0 Å². The fourth-order valence-electron chi connectivity index (χ4n) is 0.802. The SMILES string of the molecule is C1CCNCC1.[CaH2]. The summed E-state index contributed by atoms with van der Waals surface area (Å²) in [7, 11) is 0. The molecule has 0 amide bonds. The van der Waals surface area contributed by atoms with Crippen molar-refractivity contribution in [2.75, 3.05) is 13.1 Å². The zero-order chi connectivity index (χ0) is 4.24. The predicted octanol–water partition coefficient (Wildman–Crippen LogP) is -0.156. The van der Waals surface area contributed by atoms with Gasteiger partial charge in [0.2, 0.25) is 0 Å². The fourth-order valence-corrected chi connectivity index (χ4v) is 0.802. The van der Waals surface area contributed by atoms with Gasteiger partial charge in [0.15, 0.2) is 0 Å². The van der Waals surface area contributed by atoms with E-state index in [-0.39, 0.29) is 37.7 Å². The molecule has 1 aliphatic heterocycles. The molecule has 0 bridgehead atoms. The van der Waals surface area contributed by atoms with Crippen LogP contribution in [0.3, 0.4) is 0 Å². The molecule has 1 aliphatic rings. The maximum atomic E-state index is 3.28. The minimum absolute atomic E-state index is 0. The Labute approximate surface area is 74.9 Å². The van der Waals surface area contributed by atoms with Crippen molar-refractivity contribution in [1.82, 2.24) is 5.32 Å². The molecule has 0 saturated carbocycles. The molecule has 1 fully saturated rings. The summed E-state index contributed by atoms with van der Waals surface area (Å²) in [5, 5.41) is 3.28. The molecule has 0 spiro atoms. The minimum atomic E-state index is 0. The van der Waals surface area contributed by atoms with Crippen molar-refractivity contribution in [2.24, 2.45) is 0 Å². The van der Waals surface area contributed by atoms with Crippen LogP contribution in [0.4, 0.5) is 0 Å². The van der Waals surface area contributed by atoms with Crippen LogP contribution in [0.1, 0.15) is 19.3 Å². The summed E-state index contributed by atoms with van der Waals surface area (Å²) in [6.07, 6.45) is 4.22. The van der Waals surface area contributed by atoms with E-state index in [0.717, 1.165) is 0 Å². The average Bonchev–Trinajstić information content (AvgIpc) is 1.72. The zero-order valence-corrected chi connectivity index (χ0v) is 4.04. The van der Waals surface area contributed by atoms with Crippen LogP contribution >= 0.6 is 0 Å². The van der Waals surface area contributed by atoms with Crippen LogP contribution in [0.5, 0.6) is 0 Å². The molecule has 0 aromatic rings. The first-order chi connectivity index (χ1) is 3.00. The van der Waals surface area contributed by atoms with Gasteiger partial charge in [-0.1, -0.05) is 6.42 Å². The van der Waals surface area contributed by atoms with Crippen LogP contribution in [0.25, 0.3) is 0 Å². The summed E-state index contributed by atoms with van der Waals surface area (Å²) in [4.78, 5) is 0. The molecule has 0 radical (unpaired) electrons. The van der Waals surface area contributed by atoms with Crippen molar-refractivity contribution in [3.8, 4) is 0 Å². The summed E-state index contributed by atoms with van der Waals surface area (Å²) in [6, 6.07) is 0. The van der Waals surface area contributed by atoms with Crippen LogP contribution in [-0.2, 0) is 0 Å². The number of nitrogens with one attached hydrogen (secondary N) is 1. The summed E-state index contributed by atoms with van der Waals surface area (Å²) in [6.45, 7) is 2.50. The molecule has 2 heteroatoms. The van der Waals surface area contributed by atoms with Gasteiger partial charge in [0, 0.05) is 0 Å². The quantitative estimate of drug-likeness (QED) is 0.446. The Hall–Kier alpha value is 1.22. The van der Waals surface area contributed by atoms with Gasteiger partial charge in [-0.15, -0.1) is 0 Å². The molecule has 0 atom stereocenters. The summed E-state index contributed by atoms with van der Waals surface area (Å²) in [5.41, 5.74) is 0. The van der Waals surface area contributed by atoms with E-state index >= 15 is 0 Å². The number of hydrogen-bond donors (Lipinski definition) is 1. The first kappa shape index (κ1) is 8.22. The number of rotatable bonds is 0. The van der Waals surface area contributed by atoms with E-state index in [2.05, 4.69) is 5.32 Å². The van der Waals surface area contributed by atoms with Crippen molar-refractivity contribution in [2.45, 2.75) is 19.3 Å². The molecule has 0 aromatic carbocycles. The van der Waals surface area contributed by atoms with Gasteiger partial charge in [-0.2, -0.15) is 0 Å². The average molecular weight is 127 g/mol. The van der Waals surface area contributed by atoms with Crippen LogP contribution in [0, 0.1) is 0 Å². The van der Waals surface area contributed by atoms with Crippen LogP contribution < -0.4 is 5.32 Å². The monoisotopic (exact) mass is 127 g/mol. The van der Waals surface area contributed by atoms with Gasteiger partial charge in [-0.25, -0.2) is 0 Å². The van der Waals surface area contributed by atoms with Gasteiger partial charge in [0.1, 0.15) is 0 Å². The van der Waals surface area contributed by atoms with E-state index in [1.54, 1.807) is 0 Å². The van der Waals surface area contributed by atoms with E-state index in [1.165, 1.54) is 32.4 Å². The van der Waals surface area contributed by atoms with Gasteiger partial charge in [-0.05, 0) is 25.9 Å². The van der Waals surface area contributed by atoms with E-state index in [0.29, 0.717) is 0 Å². The fraction of sp³-hybridized carbons (Fsp3) is 1.00. The molecule has 0 aliphatic carbocycles. The number of piperidine rings is 1. The molecule has 0 aromatic heterocycles. The second-order valence-corrected chi connectivity index (χ2v) is 1.81. The van der Waals surface area contributed by atoms with Crippen molar-refractivity contribution in [3.05, 3.63) is 0 Å². The van der Waals surface area contributed by atoms with E-state index in [4.69, 9.17) is 0 Å². The van der Waals surface area contributed by atoms with Gasteiger partial charge in [-0.3, -0.25) is 0 Å². The van der Waals surface area contributed by atoms with E-state index in [1.807, 2.05) is 0 Å². The third kappa shape index (κ3) is 3.77. The Bertz CT molecular complexity index is 23.6. The molecular formula is C5H13CaN. The first-order valence-electron chi connectivity index (χ1n) is 2.71. The molecule has 40 valence electrons. The molecule has 0 unspecified atom stereocenters. The van der Waals surface area contributed by atoms with Crippen molar-refractivity contribution in [3.63, 3.8) is 0 Å². The standard InChI is InChI=1S/C5H11N.Ca.2H/c1-2-4-6-5-3-1;;;/h6H,1-5H2;;;. The van der Waals surface area contributed by atoms with Crippen LogP contribution in [0.15, 0.2) is 0 Å². The molecule has 1 saturated heterocycles.